The van der Waals surface area contributed by atoms with Gasteiger partial charge in [-0.2, -0.15) is 5.10 Å². The molecule has 4 nitrogen and oxygen atoms in total. The van der Waals surface area contributed by atoms with Crippen LogP contribution >= 0.6 is 0 Å². The molecule has 2 heterocycles. The Morgan fingerprint density at radius 3 is 2.50 bits per heavy atom. The van der Waals surface area contributed by atoms with E-state index in [4.69, 9.17) is 5.73 Å². The van der Waals surface area contributed by atoms with E-state index in [1.54, 1.807) is 12.4 Å². The van der Waals surface area contributed by atoms with Crippen molar-refractivity contribution in [3.05, 3.63) is 47.0 Å². The fourth-order valence-electron chi connectivity index (χ4n) is 1.84. The Bertz CT molecular complexity index is 473. The number of hydrogen-bond donors (Lipinski definition) is 1. The highest BCUT2D eigenvalue weighted by Crippen LogP contribution is 2.13. The van der Waals surface area contributed by atoms with Gasteiger partial charge in [0.1, 0.15) is 0 Å². The summed E-state index contributed by atoms with van der Waals surface area (Å²) in [5, 5.41) is 4.49. The SMILES string of the molecule is Cc1nn(Cc2ccncc2)c(C)c1CN. The molecule has 0 aliphatic rings. The van der Waals surface area contributed by atoms with Crippen molar-refractivity contribution in [3.63, 3.8) is 0 Å². The highest BCUT2D eigenvalue weighted by molar-refractivity contribution is 5.25. The van der Waals surface area contributed by atoms with Gasteiger partial charge in [-0.25, -0.2) is 0 Å². The van der Waals surface area contributed by atoms with Crippen molar-refractivity contribution < 1.29 is 0 Å². The van der Waals surface area contributed by atoms with Crippen LogP contribution < -0.4 is 5.73 Å². The molecule has 16 heavy (non-hydrogen) atoms. The lowest BCUT2D eigenvalue weighted by atomic mass is 10.2. The molecule has 0 bridgehead atoms. The van der Waals surface area contributed by atoms with E-state index in [1.165, 1.54) is 5.56 Å². The van der Waals surface area contributed by atoms with Crippen LogP contribution in [0.15, 0.2) is 24.5 Å². The average molecular weight is 216 g/mol. The quantitative estimate of drug-likeness (QED) is 0.843. The third-order valence-electron chi connectivity index (χ3n) is 2.82. The number of hydrogen-bond acceptors (Lipinski definition) is 3. The number of nitrogens with two attached hydrogens (primary N) is 1. The predicted octanol–water partition coefficient (Wildman–Crippen LogP) is 1.40. The van der Waals surface area contributed by atoms with E-state index in [0.717, 1.165) is 23.5 Å². The van der Waals surface area contributed by atoms with Gasteiger partial charge in [-0.1, -0.05) is 0 Å². The zero-order valence-electron chi connectivity index (χ0n) is 9.64. The van der Waals surface area contributed by atoms with Crippen molar-refractivity contribution >= 4 is 0 Å². The summed E-state index contributed by atoms with van der Waals surface area (Å²) in [5.74, 6) is 0. The highest BCUT2D eigenvalue weighted by atomic mass is 15.3. The molecule has 84 valence electrons. The van der Waals surface area contributed by atoms with Gasteiger partial charge in [0, 0.05) is 30.2 Å². The molecule has 4 heteroatoms. The number of aromatic nitrogens is 3. The van der Waals surface area contributed by atoms with Gasteiger partial charge in [0.25, 0.3) is 0 Å². The Hall–Kier alpha value is -1.68. The van der Waals surface area contributed by atoms with Gasteiger partial charge in [-0.3, -0.25) is 9.67 Å². The Balaban J connectivity index is 2.29. The minimum atomic E-state index is 0.550. The number of aryl methyl sites for hydroxylation is 1. The van der Waals surface area contributed by atoms with E-state index in [1.807, 2.05) is 23.7 Å². The van der Waals surface area contributed by atoms with Crippen LogP contribution in [-0.4, -0.2) is 14.8 Å². The number of nitrogens with zero attached hydrogens (tertiary/aromatic N) is 3. The first-order valence-corrected chi connectivity index (χ1v) is 5.34. The molecule has 0 saturated carbocycles. The predicted molar refractivity (Wildman–Crippen MR) is 62.9 cm³/mol. The third kappa shape index (κ3) is 1.97. The Kier molecular flexibility index (Phi) is 3.01. The summed E-state index contributed by atoms with van der Waals surface area (Å²) in [7, 11) is 0. The van der Waals surface area contributed by atoms with Gasteiger partial charge >= 0.3 is 0 Å². The van der Waals surface area contributed by atoms with Crippen LogP contribution in [0.4, 0.5) is 0 Å². The zero-order valence-corrected chi connectivity index (χ0v) is 9.64. The molecule has 0 aromatic carbocycles. The van der Waals surface area contributed by atoms with Crippen LogP contribution in [0.3, 0.4) is 0 Å². The monoisotopic (exact) mass is 216 g/mol. The van der Waals surface area contributed by atoms with Crippen LogP contribution in [0, 0.1) is 13.8 Å². The Morgan fingerprint density at radius 2 is 1.94 bits per heavy atom. The third-order valence-corrected chi connectivity index (χ3v) is 2.82. The van der Waals surface area contributed by atoms with Gasteiger partial charge in [-0.15, -0.1) is 0 Å². The van der Waals surface area contributed by atoms with E-state index < -0.39 is 0 Å². The van der Waals surface area contributed by atoms with Gasteiger partial charge < -0.3 is 5.73 Å². The fourth-order valence-corrected chi connectivity index (χ4v) is 1.84. The molecule has 0 atom stereocenters. The number of pyridine rings is 1. The molecular weight excluding hydrogens is 200 g/mol. The molecule has 0 aliphatic heterocycles. The molecule has 0 fully saturated rings. The molecule has 0 aliphatic carbocycles. The van der Waals surface area contributed by atoms with Crippen molar-refractivity contribution in [2.45, 2.75) is 26.9 Å². The van der Waals surface area contributed by atoms with Crippen LogP contribution in [-0.2, 0) is 13.1 Å². The lowest BCUT2D eigenvalue weighted by Gasteiger charge is -2.04. The van der Waals surface area contributed by atoms with Crippen molar-refractivity contribution in [3.8, 4) is 0 Å². The molecule has 0 spiro atoms. The standard InChI is InChI=1S/C12H16N4/c1-9-12(7-13)10(2)16(15-9)8-11-3-5-14-6-4-11/h3-6H,7-8,13H2,1-2H3. The maximum Gasteiger partial charge on any atom is 0.0663 e. The summed E-state index contributed by atoms with van der Waals surface area (Å²) >= 11 is 0. The molecule has 0 amide bonds. The molecule has 0 radical (unpaired) electrons. The summed E-state index contributed by atoms with van der Waals surface area (Å²) < 4.78 is 1.99. The molecule has 0 saturated heterocycles. The summed E-state index contributed by atoms with van der Waals surface area (Å²) in [6.07, 6.45) is 3.59. The first-order valence-electron chi connectivity index (χ1n) is 5.34. The molecule has 2 N–H and O–H groups in total. The van der Waals surface area contributed by atoms with Crippen LogP contribution in [0.2, 0.25) is 0 Å². The van der Waals surface area contributed by atoms with Crippen LogP contribution in [0.25, 0.3) is 0 Å². The minimum absolute atomic E-state index is 0.550. The second-order valence-corrected chi connectivity index (χ2v) is 3.87. The van der Waals surface area contributed by atoms with Crippen LogP contribution in [0.5, 0.6) is 0 Å². The van der Waals surface area contributed by atoms with E-state index in [0.29, 0.717) is 6.54 Å². The van der Waals surface area contributed by atoms with Gasteiger partial charge in [0.15, 0.2) is 0 Å². The first-order chi connectivity index (χ1) is 7.72. The van der Waals surface area contributed by atoms with E-state index in [-0.39, 0.29) is 0 Å². The Labute approximate surface area is 95.1 Å². The summed E-state index contributed by atoms with van der Waals surface area (Å²) in [6, 6.07) is 4.00. The van der Waals surface area contributed by atoms with Crippen molar-refractivity contribution in [1.29, 1.82) is 0 Å². The fraction of sp³-hybridized carbons (Fsp3) is 0.333. The maximum absolute atomic E-state index is 5.69. The lowest BCUT2D eigenvalue weighted by Crippen LogP contribution is -2.05. The molecule has 0 unspecified atom stereocenters. The minimum Gasteiger partial charge on any atom is -0.326 e. The highest BCUT2D eigenvalue weighted by Gasteiger charge is 2.09. The summed E-state index contributed by atoms with van der Waals surface area (Å²) in [4.78, 5) is 4.00. The van der Waals surface area contributed by atoms with Crippen molar-refractivity contribution in [2.24, 2.45) is 5.73 Å². The average Bonchev–Trinajstić information content (AvgIpc) is 2.55. The second kappa shape index (κ2) is 4.45. The van der Waals surface area contributed by atoms with Crippen molar-refractivity contribution in [2.75, 3.05) is 0 Å². The van der Waals surface area contributed by atoms with E-state index in [2.05, 4.69) is 17.0 Å². The van der Waals surface area contributed by atoms with E-state index in [9.17, 15) is 0 Å². The maximum atomic E-state index is 5.69. The van der Waals surface area contributed by atoms with Crippen molar-refractivity contribution in [1.82, 2.24) is 14.8 Å². The lowest BCUT2D eigenvalue weighted by molar-refractivity contribution is 0.657. The molecular formula is C12H16N4. The van der Waals surface area contributed by atoms with Crippen LogP contribution in [0.1, 0.15) is 22.5 Å². The first kappa shape index (κ1) is 10.8. The van der Waals surface area contributed by atoms with Gasteiger partial charge in [0.2, 0.25) is 0 Å². The van der Waals surface area contributed by atoms with Gasteiger partial charge in [0.05, 0.1) is 12.2 Å². The summed E-state index contributed by atoms with van der Waals surface area (Å²) in [5.41, 5.74) is 10.2. The smallest absolute Gasteiger partial charge is 0.0663 e. The number of rotatable bonds is 3. The molecule has 2 aromatic rings. The van der Waals surface area contributed by atoms with E-state index >= 15 is 0 Å². The van der Waals surface area contributed by atoms with Gasteiger partial charge in [-0.05, 0) is 31.5 Å². The molecule has 2 aromatic heterocycles. The normalized spacial score (nSPS) is 10.7. The molecule has 2 rings (SSSR count). The second-order valence-electron chi connectivity index (χ2n) is 3.87. The zero-order chi connectivity index (χ0) is 11.5. The topological polar surface area (TPSA) is 56.7 Å². The largest absolute Gasteiger partial charge is 0.326 e. The Morgan fingerprint density at radius 1 is 1.25 bits per heavy atom. The summed E-state index contributed by atoms with van der Waals surface area (Å²) in [6.45, 7) is 5.38.